The van der Waals surface area contributed by atoms with Gasteiger partial charge in [-0.3, -0.25) is 4.79 Å². The van der Waals surface area contributed by atoms with E-state index in [2.05, 4.69) is 33.2 Å². The summed E-state index contributed by atoms with van der Waals surface area (Å²) in [6, 6.07) is 14.1. The molecule has 110 valence electrons. The lowest BCUT2D eigenvalue weighted by molar-refractivity contribution is -0.119. The lowest BCUT2D eigenvalue weighted by atomic mass is 10.0. The number of carbonyl (C=O) groups is 1. The zero-order valence-corrected chi connectivity index (χ0v) is 13.6. The van der Waals surface area contributed by atoms with Gasteiger partial charge in [0.25, 0.3) is 0 Å². The maximum absolute atomic E-state index is 12.3. The molecule has 22 heavy (non-hydrogen) atoms. The largest absolute Gasteiger partial charge is 0.299 e. The average molecular weight is 355 g/mol. The molecule has 0 aliphatic heterocycles. The molecule has 1 aromatic carbocycles. The van der Waals surface area contributed by atoms with Crippen LogP contribution in [0.1, 0.15) is 18.5 Å². The summed E-state index contributed by atoms with van der Waals surface area (Å²) in [5.41, 5.74) is 4.05. The van der Waals surface area contributed by atoms with E-state index in [4.69, 9.17) is 0 Å². The monoisotopic (exact) mass is 354 g/mol. The quantitative estimate of drug-likeness (QED) is 0.700. The number of fused-ring (bicyclic) bond motifs is 1. The zero-order chi connectivity index (χ0) is 15.1. The van der Waals surface area contributed by atoms with Crippen molar-refractivity contribution in [1.29, 1.82) is 0 Å². The van der Waals surface area contributed by atoms with Crippen LogP contribution in [0.3, 0.4) is 0 Å². The fourth-order valence-corrected chi connectivity index (χ4v) is 3.39. The average Bonchev–Trinajstić information content (AvgIpc) is 3.31. The zero-order valence-electron chi connectivity index (χ0n) is 12.0. The van der Waals surface area contributed by atoms with Crippen molar-refractivity contribution in [2.75, 3.05) is 0 Å². The highest BCUT2D eigenvalue weighted by Gasteiger charge is 2.31. The van der Waals surface area contributed by atoms with Gasteiger partial charge in [0.2, 0.25) is 0 Å². The van der Waals surface area contributed by atoms with E-state index < -0.39 is 0 Å². The second kappa shape index (κ2) is 5.36. The fraction of sp³-hybridized carbons (Fsp3) is 0.222. The minimum atomic E-state index is 0.261. The van der Waals surface area contributed by atoms with Gasteiger partial charge in [0.15, 0.2) is 0 Å². The Labute approximate surface area is 137 Å². The number of hydrogen-bond acceptors (Lipinski definition) is 2. The Kier molecular flexibility index (Phi) is 3.34. The standard InChI is InChI=1S/C18H15BrN2O/c19-14-7-4-10-21-18(14)17(13-5-2-1-3-6-13)15(20-21)11-16(22)12-8-9-12/h1-7,10,12H,8-9,11H2. The summed E-state index contributed by atoms with van der Waals surface area (Å²) in [7, 11) is 0. The van der Waals surface area contributed by atoms with Crippen LogP contribution in [0.15, 0.2) is 53.1 Å². The summed E-state index contributed by atoms with van der Waals surface area (Å²) in [5, 5.41) is 4.67. The summed E-state index contributed by atoms with van der Waals surface area (Å²) in [6.45, 7) is 0. The van der Waals surface area contributed by atoms with Gasteiger partial charge in [0.05, 0.1) is 17.6 Å². The van der Waals surface area contributed by atoms with Crippen LogP contribution in [0.2, 0.25) is 0 Å². The van der Waals surface area contributed by atoms with Crippen molar-refractivity contribution in [3.05, 3.63) is 58.8 Å². The number of hydrogen-bond donors (Lipinski definition) is 0. The SMILES string of the molecule is O=C(Cc1nn2cccc(Br)c2c1-c1ccccc1)C1CC1. The third-order valence-corrected chi connectivity index (χ3v) is 4.76. The minimum absolute atomic E-state index is 0.261. The van der Waals surface area contributed by atoms with Gasteiger partial charge >= 0.3 is 0 Å². The van der Waals surface area contributed by atoms with Crippen LogP contribution < -0.4 is 0 Å². The van der Waals surface area contributed by atoms with Crippen LogP contribution in [0.5, 0.6) is 0 Å². The molecule has 2 aromatic heterocycles. The number of halogens is 1. The smallest absolute Gasteiger partial charge is 0.142 e. The van der Waals surface area contributed by atoms with Crippen molar-refractivity contribution in [3.63, 3.8) is 0 Å². The Morgan fingerprint density at radius 1 is 1.18 bits per heavy atom. The topological polar surface area (TPSA) is 34.4 Å². The third kappa shape index (κ3) is 2.37. The van der Waals surface area contributed by atoms with Gasteiger partial charge in [0, 0.05) is 22.2 Å². The second-order valence-electron chi connectivity index (χ2n) is 5.75. The molecule has 1 aliphatic carbocycles. The summed E-state index contributed by atoms with van der Waals surface area (Å²) in [5.74, 6) is 0.577. The van der Waals surface area contributed by atoms with Gasteiger partial charge in [-0.25, -0.2) is 4.52 Å². The molecule has 3 aromatic rings. The van der Waals surface area contributed by atoms with Crippen molar-refractivity contribution in [2.45, 2.75) is 19.3 Å². The number of carbonyl (C=O) groups excluding carboxylic acids is 1. The summed E-state index contributed by atoms with van der Waals surface area (Å²) in [6.07, 6.45) is 4.42. The van der Waals surface area contributed by atoms with E-state index in [0.29, 0.717) is 12.2 Å². The molecular formula is C18H15BrN2O. The Balaban J connectivity index is 1.91. The van der Waals surface area contributed by atoms with E-state index in [1.165, 1.54) is 0 Å². The van der Waals surface area contributed by atoms with E-state index in [1.807, 2.05) is 41.0 Å². The van der Waals surface area contributed by atoms with Crippen molar-refractivity contribution in [3.8, 4) is 11.1 Å². The fourth-order valence-electron chi connectivity index (χ4n) is 2.85. The van der Waals surface area contributed by atoms with Crippen LogP contribution in [0.4, 0.5) is 0 Å². The molecule has 2 heterocycles. The van der Waals surface area contributed by atoms with Crippen LogP contribution in [0, 0.1) is 5.92 Å². The minimum Gasteiger partial charge on any atom is -0.299 e. The molecule has 1 saturated carbocycles. The van der Waals surface area contributed by atoms with Crippen molar-refractivity contribution < 1.29 is 4.79 Å². The molecule has 0 saturated heterocycles. The summed E-state index contributed by atoms with van der Waals surface area (Å²) >= 11 is 3.62. The lowest BCUT2D eigenvalue weighted by Gasteiger charge is -2.04. The van der Waals surface area contributed by atoms with Gasteiger partial charge in [-0.15, -0.1) is 0 Å². The maximum atomic E-state index is 12.3. The Hall–Kier alpha value is -1.94. The number of aromatic nitrogens is 2. The Bertz CT molecular complexity index is 850. The van der Waals surface area contributed by atoms with Crippen molar-refractivity contribution in [2.24, 2.45) is 5.92 Å². The molecule has 0 spiro atoms. The highest BCUT2D eigenvalue weighted by molar-refractivity contribution is 9.10. The first kappa shape index (κ1) is 13.7. The van der Waals surface area contributed by atoms with Crippen LogP contribution in [0.25, 0.3) is 16.6 Å². The van der Waals surface area contributed by atoms with E-state index in [0.717, 1.165) is 39.7 Å². The molecule has 1 aliphatic rings. The van der Waals surface area contributed by atoms with E-state index in [1.54, 1.807) is 0 Å². The van der Waals surface area contributed by atoms with E-state index in [9.17, 15) is 4.79 Å². The maximum Gasteiger partial charge on any atom is 0.142 e. The molecule has 4 rings (SSSR count). The molecule has 3 nitrogen and oxygen atoms in total. The molecule has 0 N–H and O–H groups in total. The molecule has 1 fully saturated rings. The Morgan fingerprint density at radius 3 is 2.68 bits per heavy atom. The van der Waals surface area contributed by atoms with Gasteiger partial charge in [-0.2, -0.15) is 5.10 Å². The molecular weight excluding hydrogens is 340 g/mol. The van der Waals surface area contributed by atoms with Gasteiger partial charge in [0.1, 0.15) is 5.78 Å². The first-order chi connectivity index (χ1) is 10.7. The van der Waals surface area contributed by atoms with Gasteiger partial charge < -0.3 is 0 Å². The normalized spacial score (nSPS) is 14.4. The molecule has 0 unspecified atom stereocenters. The highest BCUT2D eigenvalue weighted by Crippen LogP contribution is 2.36. The second-order valence-corrected chi connectivity index (χ2v) is 6.61. The number of Topliss-reactive ketones (excluding diaryl/α,β-unsaturated/α-hetero) is 1. The molecule has 0 amide bonds. The molecule has 0 atom stereocenters. The Morgan fingerprint density at radius 2 is 1.95 bits per heavy atom. The van der Waals surface area contributed by atoms with Gasteiger partial charge in [-0.1, -0.05) is 30.3 Å². The van der Waals surface area contributed by atoms with Crippen molar-refractivity contribution in [1.82, 2.24) is 9.61 Å². The predicted octanol–water partition coefficient (Wildman–Crippen LogP) is 4.29. The predicted molar refractivity (Wildman–Crippen MR) is 89.8 cm³/mol. The first-order valence-electron chi connectivity index (χ1n) is 7.48. The lowest BCUT2D eigenvalue weighted by Crippen LogP contribution is -2.06. The van der Waals surface area contributed by atoms with E-state index >= 15 is 0 Å². The van der Waals surface area contributed by atoms with Crippen LogP contribution in [-0.2, 0) is 11.2 Å². The van der Waals surface area contributed by atoms with Crippen LogP contribution in [-0.4, -0.2) is 15.4 Å². The number of rotatable bonds is 4. The molecule has 4 heteroatoms. The first-order valence-corrected chi connectivity index (χ1v) is 8.27. The van der Waals surface area contributed by atoms with Gasteiger partial charge in [-0.05, 0) is 46.5 Å². The third-order valence-electron chi connectivity index (χ3n) is 4.12. The number of ketones is 1. The summed E-state index contributed by atoms with van der Waals surface area (Å²) < 4.78 is 2.86. The number of nitrogens with zero attached hydrogens (tertiary/aromatic N) is 2. The summed E-state index contributed by atoms with van der Waals surface area (Å²) in [4.78, 5) is 12.3. The number of pyridine rings is 1. The van der Waals surface area contributed by atoms with Crippen molar-refractivity contribution >= 4 is 27.2 Å². The highest BCUT2D eigenvalue weighted by atomic mass is 79.9. The number of benzene rings is 1. The molecule has 0 radical (unpaired) electrons. The van der Waals surface area contributed by atoms with Crippen LogP contribution >= 0.6 is 15.9 Å². The van der Waals surface area contributed by atoms with E-state index in [-0.39, 0.29) is 5.92 Å². The molecule has 0 bridgehead atoms.